The van der Waals surface area contributed by atoms with Crippen LogP contribution in [0.1, 0.15) is 57.9 Å². The van der Waals surface area contributed by atoms with E-state index in [-0.39, 0.29) is 11.8 Å². The molecular weight excluding hydrogens is 362 g/mol. The molecule has 1 aromatic rings. The van der Waals surface area contributed by atoms with Crippen LogP contribution in [0.5, 0.6) is 0 Å². The fraction of sp³-hybridized carbons (Fsp3) is 0.652. The Hall–Kier alpha value is -2.08. The first-order chi connectivity index (χ1) is 14.1. The Kier molecular flexibility index (Phi) is 7.92. The van der Waals surface area contributed by atoms with Gasteiger partial charge in [-0.1, -0.05) is 32.0 Å². The number of aliphatic imine (C=N–C) groups is 1. The molecule has 2 aliphatic heterocycles. The molecule has 6 nitrogen and oxygen atoms in total. The topological polar surface area (TPSA) is 68.8 Å². The van der Waals surface area contributed by atoms with Crippen LogP contribution < -0.4 is 16.0 Å². The smallest absolute Gasteiger partial charge is 0.225 e. The van der Waals surface area contributed by atoms with Crippen LogP contribution in [-0.2, 0) is 4.79 Å². The third-order valence-electron chi connectivity index (χ3n) is 5.83. The molecule has 0 radical (unpaired) electrons. The van der Waals surface area contributed by atoms with Crippen molar-refractivity contribution in [2.24, 2.45) is 10.9 Å². The predicted octanol–water partition coefficient (Wildman–Crippen LogP) is 3.18. The number of nitrogens with zero attached hydrogens (tertiary/aromatic N) is 2. The Morgan fingerprint density at radius 2 is 2.00 bits per heavy atom. The predicted molar refractivity (Wildman–Crippen MR) is 120 cm³/mol. The number of hydrogen-bond donors (Lipinski definition) is 3. The van der Waals surface area contributed by atoms with Gasteiger partial charge in [-0.15, -0.1) is 0 Å². The first-order valence-corrected chi connectivity index (χ1v) is 11.2. The summed E-state index contributed by atoms with van der Waals surface area (Å²) in [6, 6.07) is 8.60. The van der Waals surface area contributed by atoms with Gasteiger partial charge in [-0.05, 0) is 56.8 Å². The molecule has 1 saturated heterocycles. The fourth-order valence-electron chi connectivity index (χ4n) is 4.43. The molecule has 2 heterocycles. The van der Waals surface area contributed by atoms with Crippen LogP contribution in [0, 0.1) is 5.92 Å². The number of rotatable bonds is 8. The van der Waals surface area contributed by atoms with E-state index in [9.17, 15) is 4.79 Å². The molecule has 0 saturated carbocycles. The van der Waals surface area contributed by atoms with Gasteiger partial charge in [0.15, 0.2) is 5.96 Å². The lowest BCUT2D eigenvalue weighted by atomic mass is 9.90. The van der Waals surface area contributed by atoms with E-state index in [0.717, 1.165) is 24.7 Å². The maximum absolute atomic E-state index is 12.1. The summed E-state index contributed by atoms with van der Waals surface area (Å²) in [6.45, 7) is 11.4. The molecular formula is C23H37N5O. The van der Waals surface area contributed by atoms with Gasteiger partial charge >= 0.3 is 0 Å². The van der Waals surface area contributed by atoms with E-state index in [2.05, 4.69) is 47.7 Å². The number of benzene rings is 1. The molecule has 2 atom stereocenters. The highest BCUT2D eigenvalue weighted by molar-refractivity contribution is 5.94. The number of para-hydroxylation sites is 1. The molecule has 2 aliphatic rings. The molecule has 2 unspecified atom stereocenters. The fourth-order valence-corrected chi connectivity index (χ4v) is 4.43. The number of carbonyl (C=O) groups excluding carboxylic acids is 1. The normalized spacial score (nSPS) is 21.0. The van der Waals surface area contributed by atoms with Gasteiger partial charge in [0, 0.05) is 37.2 Å². The quantitative estimate of drug-likeness (QED) is 0.464. The van der Waals surface area contributed by atoms with Crippen molar-refractivity contribution in [1.29, 1.82) is 0 Å². The lowest BCUT2D eigenvalue weighted by Crippen LogP contribution is -2.42. The molecule has 6 heteroatoms. The van der Waals surface area contributed by atoms with Gasteiger partial charge < -0.3 is 16.0 Å². The van der Waals surface area contributed by atoms with Crippen molar-refractivity contribution in [3.63, 3.8) is 0 Å². The summed E-state index contributed by atoms with van der Waals surface area (Å²) < 4.78 is 0. The highest BCUT2D eigenvalue weighted by Crippen LogP contribution is 2.31. The summed E-state index contributed by atoms with van der Waals surface area (Å²) in [6.07, 6.45) is 4.30. The monoisotopic (exact) mass is 399 g/mol. The Bertz CT molecular complexity index is 696. The van der Waals surface area contributed by atoms with Crippen LogP contribution in [-0.4, -0.2) is 55.5 Å². The number of anilines is 1. The second-order valence-electron chi connectivity index (χ2n) is 8.66. The van der Waals surface area contributed by atoms with Crippen LogP contribution in [0.15, 0.2) is 29.3 Å². The van der Waals surface area contributed by atoms with E-state index in [1.54, 1.807) is 0 Å². The van der Waals surface area contributed by atoms with E-state index in [1.165, 1.54) is 37.9 Å². The van der Waals surface area contributed by atoms with E-state index >= 15 is 0 Å². The van der Waals surface area contributed by atoms with Crippen molar-refractivity contribution in [2.45, 2.75) is 58.4 Å². The van der Waals surface area contributed by atoms with Gasteiger partial charge in [-0.2, -0.15) is 0 Å². The largest absolute Gasteiger partial charge is 0.357 e. The molecule has 0 aliphatic carbocycles. The minimum atomic E-state index is 0.0865. The average molecular weight is 400 g/mol. The summed E-state index contributed by atoms with van der Waals surface area (Å²) >= 11 is 0. The molecule has 3 N–H and O–H groups in total. The maximum Gasteiger partial charge on any atom is 0.225 e. The zero-order valence-corrected chi connectivity index (χ0v) is 18.2. The Balaban J connectivity index is 1.64. The molecule has 1 fully saturated rings. The summed E-state index contributed by atoms with van der Waals surface area (Å²) in [4.78, 5) is 19.6. The summed E-state index contributed by atoms with van der Waals surface area (Å²) in [5, 5.41) is 9.84. The molecule has 0 bridgehead atoms. The number of likely N-dealkylation sites (tertiary alicyclic amines) is 1. The lowest BCUT2D eigenvalue weighted by molar-refractivity contribution is -0.116. The SMILES string of the molecule is CCNC(=NCC(CC(C)C)N1CCCC1)NCC1CC(=O)Nc2ccccc21. The molecule has 1 aromatic carbocycles. The number of guanidine groups is 1. The summed E-state index contributed by atoms with van der Waals surface area (Å²) in [7, 11) is 0. The molecule has 1 amide bonds. The first kappa shape index (κ1) is 21.6. The Morgan fingerprint density at radius 1 is 1.24 bits per heavy atom. The molecule has 3 rings (SSSR count). The van der Waals surface area contributed by atoms with E-state index in [4.69, 9.17) is 4.99 Å². The first-order valence-electron chi connectivity index (χ1n) is 11.2. The number of hydrogen-bond acceptors (Lipinski definition) is 3. The number of nitrogens with one attached hydrogen (secondary N) is 3. The van der Waals surface area contributed by atoms with Gasteiger partial charge in [0.2, 0.25) is 5.91 Å². The van der Waals surface area contributed by atoms with Crippen LogP contribution in [0.3, 0.4) is 0 Å². The van der Waals surface area contributed by atoms with Crippen LogP contribution in [0.2, 0.25) is 0 Å². The van der Waals surface area contributed by atoms with Crippen molar-refractivity contribution < 1.29 is 4.79 Å². The van der Waals surface area contributed by atoms with E-state index in [0.29, 0.717) is 24.9 Å². The van der Waals surface area contributed by atoms with Gasteiger partial charge in [0.05, 0.1) is 6.54 Å². The summed E-state index contributed by atoms with van der Waals surface area (Å²) in [5.74, 6) is 1.77. The third kappa shape index (κ3) is 6.20. The van der Waals surface area contributed by atoms with Crippen molar-refractivity contribution in [3.8, 4) is 0 Å². The van der Waals surface area contributed by atoms with Crippen LogP contribution >= 0.6 is 0 Å². The van der Waals surface area contributed by atoms with Crippen LogP contribution in [0.25, 0.3) is 0 Å². The summed E-state index contributed by atoms with van der Waals surface area (Å²) in [5.41, 5.74) is 2.13. The van der Waals surface area contributed by atoms with Gasteiger partial charge in [-0.25, -0.2) is 0 Å². The standard InChI is InChI=1S/C23H37N5O/c1-4-24-23(26-16-19(13-17(2)3)28-11-7-8-12-28)25-15-18-14-22(29)27-21-10-6-5-9-20(18)21/h5-6,9-10,17-19H,4,7-8,11-16H2,1-3H3,(H,27,29)(H2,24,25,26). The van der Waals surface area contributed by atoms with Crippen molar-refractivity contribution in [3.05, 3.63) is 29.8 Å². The highest BCUT2D eigenvalue weighted by Gasteiger charge is 2.25. The zero-order valence-electron chi connectivity index (χ0n) is 18.2. The Labute approximate surface area is 175 Å². The number of amides is 1. The second kappa shape index (κ2) is 10.6. The molecule has 0 spiro atoms. The average Bonchev–Trinajstić information content (AvgIpc) is 3.23. The third-order valence-corrected chi connectivity index (χ3v) is 5.83. The van der Waals surface area contributed by atoms with Gasteiger partial charge in [0.1, 0.15) is 0 Å². The minimum Gasteiger partial charge on any atom is -0.357 e. The minimum absolute atomic E-state index is 0.0865. The van der Waals surface area contributed by atoms with Crippen molar-refractivity contribution in [2.75, 3.05) is 38.0 Å². The van der Waals surface area contributed by atoms with Gasteiger partial charge in [0.25, 0.3) is 0 Å². The lowest BCUT2D eigenvalue weighted by Gasteiger charge is -2.28. The van der Waals surface area contributed by atoms with E-state index < -0.39 is 0 Å². The van der Waals surface area contributed by atoms with Crippen molar-refractivity contribution in [1.82, 2.24) is 15.5 Å². The Morgan fingerprint density at radius 3 is 2.72 bits per heavy atom. The van der Waals surface area contributed by atoms with Crippen LogP contribution in [0.4, 0.5) is 5.69 Å². The second-order valence-corrected chi connectivity index (χ2v) is 8.66. The number of fused-ring (bicyclic) bond motifs is 1. The highest BCUT2D eigenvalue weighted by atomic mass is 16.1. The molecule has 160 valence electrons. The van der Waals surface area contributed by atoms with Gasteiger partial charge in [-0.3, -0.25) is 14.7 Å². The molecule has 0 aromatic heterocycles. The van der Waals surface area contributed by atoms with E-state index in [1.807, 2.05) is 18.2 Å². The zero-order chi connectivity index (χ0) is 20.6. The van der Waals surface area contributed by atoms with Crippen molar-refractivity contribution >= 4 is 17.6 Å². The maximum atomic E-state index is 12.1. The number of carbonyl (C=O) groups is 1. The molecule has 29 heavy (non-hydrogen) atoms.